The van der Waals surface area contributed by atoms with Crippen molar-refractivity contribution in [3.8, 4) is 0 Å². The zero-order chi connectivity index (χ0) is 13.8. The molecule has 1 aromatic heterocycles. The molecular weight excluding hydrogens is 262 g/mol. The Labute approximate surface area is 128 Å². The smallest absolute Gasteiger partial charge is 0.0136 e. The fourth-order valence-corrected chi connectivity index (χ4v) is 5.29. The molecule has 1 nitrogen and oxygen atoms in total. The maximum atomic E-state index is 3.79. The third kappa shape index (κ3) is 3.46. The van der Waals surface area contributed by atoms with E-state index in [1.165, 1.54) is 56.9 Å². The monoisotopic (exact) mass is 291 g/mol. The van der Waals surface area contributed by atoms with E-state index in [2.05, 4.69) is 29.1 Å². The first-order valence-corrected chi connectivity index (χ1v) is 9.55. The summed E-state index contributed by atoms with van der Waals surface area (Å²) in [5.41, 5.74) is 1.53. The number of hydrogen-bond acceptors (Lipinski definition) is 2. The number of thiophene rings is 1. The Bertz CT molecular complexity index is 386. The van der Waals surface area contributed by atoms with Crippen LogP contribution >= 0.6 is 11.3 Å². The second-order valence-electron chi connectivity index (χ2n) is 6.88. The van der Waals surface area contributed by atoms with Gasteiger partial charge in [-0.05, 0) is 72.4 Å². The third-order valence-electron chi connectivity index (χ3n) is 5.65. The van der Waals surface area contributed by atoms with Gasteiger partial charge in [0.05, 0.1) is 0 Å². The number of hydrogen-bond donors (Lipinski definition) is 1. The Balaban J connectivity index is 1.62. The number of nitrogens with one attached hydrogen (secondary N) is 1. The van der Waals surface area contributed by atoms with Gasteiger partial charge in [-0.25, -0.2) is 0 Å². The molecule has 4 atom stereocenters. The van der Waals surface area contributed by atoms with Gasteiger partial charge in [-0.3, -0.25) is 0 Å². The summed E-state index contributed by atoms with van der Waals surface area (Å²) in [6.07, 6.45) is 11.7. The first kappa shape index (κ1) is 14.6. The van der Waals surface area contributed by atoms with Gasteiger partial charge in [-0.15, -0.1) is 0 Å². The molecule has 3 rings (SSSR count). The molecule has 0 aliphatic heterocycles. The van der Waals surface area contributed by atoms with Crippen LogP contribution < -0.4 is 5.32 Å². The lowest BCUT2D eigenvalue weighted by Crippen LogP contribution is -2.42. The fraction of sp³-hybridized carbons (Fsp3) is 0.778. The van der Waals surface area contributed by atoms with Crippen LogP contribution in [0.5, 0.6) is 0 Å². The fourth-order valence-electron chi connectivity index (χ4n) is 4.61. The summed E-state index contributed by atoms with van der Waals surface area (Å²) in [5.74, 6) is 3.03. The second-order valence-corrected chi connectivity index (χ2v) is 7.66. The van der Waals surface area contributed by atoms with Crippen LogP contribution in [0.25, 0.3) is 0 Å². The van der Waals surface area contributed by atoms with E-state index < -0.39 is 0 Å². The van der Waals surface area contributed by atoms with Crippen LogP contribution in [0.3, 0.4) is 0 Å². The van der Waals surface area contributed by atoms with Crippen LogP contribution in [0.4, 0.5) is 0 Å². The molecule has 0 saturated heterocycles. The molecule has 112 valence electrons. The molecule has 2 aliphatic carbocycles. The van der Waals surface area contributed by atoms with Crippen molar-refractivity contribution in [2.24, 2.45) is 17.8 Å². The largest absolute Gasteiger partial charge is 0.314 e. The Morgan fingerprint density at radius 2 is 2.05 bits per heavy atom. The highest BCUT2D eigenvalue weighted by atomic mass is 32.1. The Morgan fingerprint density at radius 1 is 1.20 bits per heavy atom. The summed E-state index contributed by atoms with van der Waals surface area (Å²) in [4.78, 5) is 0. The molecular formula is C18H29NS. The lowest BCUT2D eigenvalue weighted by molar-refractivity contribution is 0.109. The molecule has 0 bridgehead atoms. The molecule has 1 heterocycles. The molecule has 0 spiro atoms. The maximum absolute atomic E-state index is 3.79. The van der Waals surface area contributed by atoms with Gasteiger partial charge in [0.15, 0.2) is 0 Å². The minimum atomic E-state index is 0.706. The molecule has 0 radical (unpaired) electrons. The summed E-state index contributed by atoms with van der Waals surface area (Å²) in [7, 11) is 0. The Hall–Kier alpha value is -0.340. The predicted molar refractivity (Wildman–Crippen MR) is 88.3 cm³/mol. The zero-order valence-electron chi connectivity index (χ0n) is 12.8. The number of rotatable bonds is 5. The van der Waals surface area contributed by atoms with E-state index in [1.807, 2.05) is 11.3 Å². The average molecular weight is 292 g/mol. The number of likely N-dealkylation sites (N-methyl/N-ethyl adjacent to an activating group) is 1. The molecule has 2 aliphatic rings. The van der Waals surface area contributed by atoms with Gasteiger partial charge < -0.3 is 5.32 Å². The SMILES string of the molecule is CCNC(Cc1ccsc1)C1CCC2CCCCC2C1. The predicted octanol–water partition coefficient (Wildman–Crippen LogP) is 4.88. The van der Waals surface area contributed by atoms with Gasteiger partial charge in [0.2, 0.25) is 0 Å². The Morgan fingerprint density at radius 3 is 2.80 bits per heavy atom. The average Bonchev–Trinajstić information content (AvgIpc) is 2.99. The van der Waals surface area contributed by atoms with Crippen LogP contribution in [-0.2, 0) is 6.42 Å². The van der Waals surface area contributed by atoms with Gasteiger partial charge in [0.1, 0.15) is 0 Å². The van der Waals surface area contributed by atoms with Gasteiger partial charge in [0.25, 0.3) is 0 Å². The number of fused-ring (bicyclic) bond motifs is 1. The lowest BCUT2D eigenvalue weighted by Gasteiger charge is -2.42. The van der Waals surface area contributed by atoms with E-state index in [-0.39, 0.29) is 0 Å². The van der Waals surface area contributed by atoms with E-state index in [4.69, 9.17) is 0 Å². The minimum Gasteiger partial charge on any atom is -0.314 e. The highest BCUT2D eigenvalue weighted by Gasteiger charge is 2.35. The quantitative estimate of drug-likeness (QED) is 0.815. The van der Waals surface area contributed by atoms with Crippen molar-refractivity contribution >= 4 is 11.3 Å². The molecule has 2 fully saturated rings. The first-order valence-electron chi connectivity index (χ1n) is 8.61. The Kier molecular flexibility index (Phi) is 5.17. The second kappa shape index (κ2) is 7.09. The van der Waals surface area contributed by atoms with Crippen molar-refractivity contribution in [2.45, 2.75) is 64.3 Å². The molecule has 20 heavy (non-hydrogen) atoms. The van der Waals surface area contributed by atoms with Gasteiger partial charge in [0, 0.05) is 6.04 Å². The van der Waals surface area contributed by atoms with Crippen LogP contribution in [0.15, 0.2) is 16.8 Å². The minimum absolute atomic E-state index is 0.706. The topological polar surface area (TPSA) is 12.0 Å². The van der Waals surface area contributed by atoms with Crippen LogP contribution in [0, 0.1) is 17.8 Å². The van der Waals surface area contributed by atoms with Crippen LogP contribution in [0.2, 0.25) is 0 Å². The highest BCUT2D eigenvalue weighted by molar-refractivity contribution is 7.07. The van der Waals surface area contributed by atoms with E-state index >= 15 is 0 Å². The van der Waals surface area contributed by atoms with Crippen molar-refractivity contribution in [1.82, 2.24) is 5.32 Å². The maximum Gasteiger partial charge on any atom is 0.0136 e. The highest BCUT2D eigenvalue weighted by Crippen LogP contribution is 2.43. The summed E-state index contributed by atoms with van der Waals surface area (Å²) < 4.78 is 0. The molecule has 0 aromatic carbocycles. The molecule has 1 N–H and O–H groups in total. The van der Waals surface area contributed by atoms with E-state index in [0.29, 0.717) is 6.04 Å². The van der Waals surface area contributed by atoms with Gasteiger partial charge in [-0.1, -0.05) is 32.6 Å². The van der Waals surface area contributed by atoms with Crippen molar-refractivity contribution in [1.29, 1.82) is 0 Å². The summed E-state index contributed by atoms with van der Waals surface area (Å²) in [5, 5.41) is 8.34. The van der Waals surface area contributed by atoms with E-state index in [0.717, 1.165) is 24.3 Å². The van der Waals surface area contributed by atoms with Gasteiger partial charge >= 0.3 is 0 Å². The zero-order valence-corrected chi connectivity index (χ0v) is 13.6. The summed E-state index contributed by atoms with van der Waals surface area (Å²) in [6, 6.07) is 3.01. The van der Waals surface area contributed by atoms with Crippen molar-refractivity contribution in [3.63, 3.8) is 0 Å². The molecule has 2 saturated carbocycles. The lowest BCUT2D eigenvalue weighted by atomic mass is 9.65. The van der Waals surface area contributed by atoms with Gasteiger partial charge in [-0.2, -0.15) is 11.3 Å². The summed E-state index contributed by atoms with van der Waals surface area (Å²) >= 11 is 1.84. The normalized spacial score (nSPS) is 31.8. The van der Waals surface area contributed by atoms with Crippen LogP contribution in [0.1, 0.15) is 57.4 Å². The van der Waals surface area contributed by atoms with Crippen LogP contribution in [-0.4, -0.2) is 12.6 Å². The molecule has 1 aromatic rings. The molecule has 2 heteroatoms. The van der Waals surface area contributed by atoms with Crippen molar-refractivity contribution < 1.29 is 0 Å². The van der Waals surface area contributed by atoms with E-state index in [9.17, 15) is 0 Å². The van der Waals surface area contributed by atoms with Crippen molar-refractivity contribution in [3.05, 3.63) is 22.4 Å². The standard InChI is InChI=1S/C18H29NS/c1-2-19-18(11-14-9-10-20-13-14)17-8-7-15-5-3-4-6-16(15)12-17/h9-10,13,15-19H,2-8,11-12H2,1H3. The van der Waals surface area contributed by atoms with Crippen molar-refractivity contribution in [2.75, 3.05) is 6.54 Å². The van der Waals surface area contributed by atoms with E-state index in [1.54, 1.807) is 0 Å². The summed E-state index contributed by atoms with van der Waals surface area (Å²) in [6.45, 7) is 3.37. The first-order chi connectivity index (χ1) is 9.86. The molecule has 0 amide bonds. The molecule has 4 unspecified atom stereocenters. The third-order valence-corrected chi connectivity index (χ3v) is 6.38.